The lowest BCUT2D eigenvalue weighted by molar-refractivity contribution is -0.146. The van der Waals surface area contributed by atoms with Crippen LogP contribution in [0.5, 0.6) is 0 Å². The van der Waals surface area contributed by atoms with Gasteiger partial charge in [0.25, 0.3) is 5.82 Å². The Balaban J connectivity index is 1.81. The van der Waals surface area contributed by atoms with Crippen molar-refractivity contribution in [3.05, 3.63) is 18.0 Å². The number of hydrogen-bond donors (Lipinski definition) is 1. The number of alkyl halides is 3. The van der Waals surface area contributed by atoms with E-state index in [0.717, 1.165) is 16.7 Å². The van der Waals surface area contributed by atoms with Crippen molar-refractivity contribution >= 4 is 23.2 Å². The summed E-state index contributed by atoms with van der Waals surface area (Å²) in [6.45, 7) is 0.701. The molecule has 2 aromatic rings. The molecule has 0 spiro atoms. The topological polar surface area (TPSA) is 55.1 Å². The van der Waals surface area contributed by atoms with Crippen molar-refractivity contribution in [2.75, 3.05) is 17.6 Å². The molecule has 0 aliphatic carbocycles. The summed E-state index contributed by atoms with van der Waals surface area (Å²) in [6.07, 6.45) is -2.25. The van der Waals surface area contributed by atoms with Gasteiger partial charge in [-0.05, 0) is 30.7 Å². The first kappa shape index (κ1) is 13.5. The number of fused-ring (bicyclic) bond motifs is 1. The van der Waals surface area contributed by atoms with Crippen molar-refractivity contribution in [1.82, 2.24) is 19.8 Å². The van der Waals surface area contributed by atoms with E-state index in [9.17, 15) is 13.2 Å². The van der Waals surface area contributed by atoms with Crippen LogP contribution in [0.2, 0.25) is 0 Å². The molecule has 0 aromatic carbocycles. The maximum atomic E-state index is 12.7. The first-order valence-electron chi connectivity index (χ1n) is 6.19. The Hall–Kier alpha value is -1.51. The van der Waals surface area contributed by atoms with Gasteiger partial charge in [-0.3, -0.25) is 0 Å². The zero-order valence-electron chi connectivity index (χ0n) is 10.4. The molecule has 3 heterocycles. The third-order valence-electron chi connectivity index (χ3n) is 3.05. The Bertz CT molecular complexity index is 606. The van der Waals surface area contributed by atoms with E-state index in [1.165, 1.54) is 12.5 Å². The van der Waals surface area contributed by atoms with E-state index in [0.29, 0.717) is 17.6 Å². The van der Waals surface area contributed by atoms with Crippen LogP contribution in [0.1, 0.15) is 18.7 Å². The van der Waals surface area contributed by atoms with Gasteiger partial charge in [-0.15, -0.1) is 15.3 Å². The van der Waals surface area contributed by atoms with E-state index in [1.807, 2.05) is 11.8 Å². The van der Waals surface area contributed by atoms with Gasteiger partial charge in [0.15, 0.2) is 5.65 Å². The Kier molecular flexibility index (Phi) is 3.45. The lowest BCUT2D eigenvalue weighted by atomic mass is 10.2. The molecule has 1 N–H and O–H groups in total. The van der Waals surface area contributed by atoms with Crippen LogP contribution in [-0.2, 0) is 6.18 Å². The van der Waals surface area contributed by atoms with Crippen molar-refractivity contribution in [1.29, 1.82) is 0 Å². The monoisotopic (exact) mass is 303 g/mol. The van der Waals surface area contributed by atoms with Gasteiger partial charge in [0.2, 0.25) is 0 Å². The van der Waals surface area contributed by atoms with Gasteiger partial charge in [0.1, 0.15) is 5.82 Å². The van der Waals surface area contributed by atoms with Gasteiger partial charge >= 0.3 is 6.18 Å². The highest BCUT2D eigenvalue weighted by Gasteiger charge is 2.37. The quantitative estimate of drug-likeness (QED) is 0.944. The second kappa shape index (κ2) is 5.12. The fourth-order valence-electron chi connectivity index (χ4n) is 2.08. The molecule has 1 aliphatic heterocycles. The molecule has 108 valence electrons. The van der Waals surface area contributed by atoms with Gasteiger partial charge < -0.3 is 5.32 Å². The zero-order valence-corrected chi connectivity index (χ0v) is 11.2. The van der Waals surface area contributed by atoms with Crippen LogP contribution in [0.15, 0.2) is 12.1 Å². The van der Waals surface area contributed by atoms with Crippen LogP contribution >= 0.6 is 11.8 Å². The molecule has 5 nitrogen and oxygen atoms in total. The molecule has 1 atom stereocenters. The lowest BCUT2D eigenvalue weighted by Gasteiger charge is -2.11. The molecule has 0 saturated carbocycles. The number of anilines is 1. The first-order valence-corrected chi connectivity index (χ1v) is 7.24. The Morgan fingerprint density at radius 2 is 2.20 bits per heavy atom. The van der Waals surface area contributed by atoms with E-state index < -0.39 is 12.0 Å². The molecule has 0 radical (unpaired) electrons. The largest absolute Gasteiger partial charge is 0.453 e. The number of halogens is 3. The molecule has 0 amide bonds. The average molecular weight is 303 g/mol. The lowest BCUT2D eigenvalue weighted by Crippen LogP contribution is -2.17. The predicted molar refractivity (Wildman–Crippen MR) is 69.8 cm³/mol. The number of nitrogens with one attached hydrogen (secondary N) is 1. The smallest absolute Gasteiger partial charge is 0.368 e. The van der Waals surface area contributed by atoms with E-state index in [1.54, 1.807) is 6.07 Å². The Morgan fingerprint density at radius 1 is 1.35 bits per heavy atom. The molecule has 0 bridgehead atoms. The maximum absolute atomic E-state index is 12.7. The van der Waals surface area contributed by atoms with Gasteiger partial charge in [0.05, 0.1) is 0 Å². The fraction of sp³-hybridized carbons (Fsp3) is 0.545. The highest BCUT2D eigenvalue weighted by Crippen LogP contribution is 2.28. The second-order valence-electron chi connectivity index (χ2n) is 4.53. The van der Waals surface area contributed by atoms with Crippen LogP contribution in [0.4, 0.5) is 19.0 Å². The van der Waals surface area contributed by atoms with Crippen LogP contribution in [0.3, 0.4) is 0 Å². The first-order chi connectivity index (χ1) is 9.54. The van der Waals surface area contributed by atoms with Gasteiger partial charge in [0, 0.05) is 11.8 Å². The summed E-state index contributed by atoms with van der Waals surface area (Å²) in [5, 5.41) is 14.1. The molecule has 1 unspecified atom stereocenters. The van der Waals surface area contributed by atoms with Crippen molar-refractivity contribution in [3.63, 3.8) is 0 Å². The molecule has 9 heteroatoms. The average Bonchev–Trinajstić information content (AvgIpc) is 3.04. The third-order valence-corrected chi connectivity index (χ3v) is 4.45. The maximum Gasteiger partial charge on any atom is 0.453 e. The van der Waals surface area contributed by atoms with Crippen molar-refractivity contribution in [2.45, 2.75) is 24.3 Å². The SMILES string of the molecule is FC(F)(F)c1nnc2ccc(NCC3CCCS3)nn12. The number of rotatable bonds is 3. The van der Waals surface area contributed by atoms with Gasteiger partial charge in [-0.25, -0.2) is 0 Å². The number of nitrogens with zero attached hydrogens (tertiary/aromatic N) is 4. The number of aromatic nitrogens is 4. The summed E-state index contributed by atoms with van der Waals surface area (Å²) in [5.74, 6) is 0.435. The second-order valence-corrected chi connectivity index (χ2v) is 5.93. The van der Waals surface area contributed by atoms with Crippen molar-refractivity contribution in [3.8, 4) is 0 Å². The van der Waals surface area contributed by atoms with Crippen LogP contribution < -0.4 is 5.32 Å². The van der Waals surface area contributed by atoms with Gasteiger partial charge in [-0.2, -0.15) is 29.4 Å². The Labute approximate surface area is 116 Å². The minimum atomic E-state index is -4.56. The summed E-state index contributed by atoms with van der Waals surface area (Å²) in [7, 11) is 0. The molecule has 20 heavy (non-hydrogen) atoms. The molecule has 3 rings (SSSR count). The van der Waals surface area contributed by atoms with Crippen molar-refractivity contribution < 1.29 is 13.2 Å². The van der Waals surface area contributed by atoms with E-state index >= 15 is 0 Å². The molecule has 1 fully saturated rings. The highest BCUT2D eigenvalue weighted by atomic mass is 32.2. The fourth-order valence-corrected chi connectivity index (χ4v) is 3.28. The van der Waals surface area contributed by atoms with E-state index in [2.05, 4.69) is 20.6 Å². The van der Waals surface area contributed by atoms with E-state index in [-0.39, 0.29) is 5.65 Å². The van der Waals surface area contributed by atoms with Crippen LogP contribution in [0, 0.1) is 0 Å². The zero-order chi connectivity index (χ0) is 14.2. The summed E-state index contributed by atoms with van der Waals surface area (Å²) in [4.78, 5) is 0. The summed E-state index contributed by atoms with van der Waals surface area (Å²) < 4.78 is 38.9. The standard InChI is InChI=1S/C11H12F3N5S/c12-11(13,14)10-17-16-9-4-3-8(18-19(9)10)15-6-7-2-1-5-20-7/h3-4,7H,1-2,5-6H2,(H,15,18). The van der Waals surface area contributed by atoms with Crippen LogP contribution in [-0.4, -0.2) is 37.4 Å². The predicted octanol–water partition coefficient (Wildman–Crippen LogP) is 2.45. The summed E-state index contributed by atoms with van der Waals surface area (Å²) >= 11 is 1.87. The number of hydrogen-bond acceptors (Lipinski definition) is 5. The minimum absolute atomic E-state index is 0.0816. The minimum Gasteiger partial charge on any atom is -0.368 e. The number of thioether (sulfide) groups is 1. The molecular formula is C11H12F3N5S. The van der Waals surface area contributed by atoms with Crippen molar-refractivity contribution in [2.24, 2.45) is 0 Å². The third kappa shape index (κ3) is 2.67. The molecule has 1 saturated heterocycles. The Morgan fingerprint density at radius 3 is 2.90 bits per heavy atom. The normalized spacial score (nSPS) is 19.6. The molecular weight excluding hydrogens is 291 g/mol. The van der Waals surface area contributed by atoms with Crippen LogP contribution in [0.25, 0.3) is 5.65 Å². The van der Waals surface area contributed by atoms with E-state index in [4.69, 9.17) is 0 Å². The summed E-state index contributed by atoms with van der Waals surface area (Å²) in [5.41, 5.74) is 0.0816. The van der Waals surface area contributed by atoms with Gasteiger partial charge in [-0.1, -0.05) is 0 Å². The molecule has 1 aliphatic rings. The highest BCUT2D eigenvalue weighted by molar-refractivity contribution is 8.00. The molecule has 2 aromatic heterocycles. The summed E-state index contributed by atoms with van der Waals surface area (Å²) in [6, 6.07) is 3.09.